The van der Waals surface area contributed by atoms with Crippen molar-refractivity contribution in [1.29, 1.82) is 0 Å². The Morgan fingerprint density at radius 1 is 1.04 bits per heavy atom. The van der Waals surface area contributed by atoms with Gasteiger partial charge in [-0.2, -0.15) is 5.10 Å². The number of hydrogen-bond acceptors (Lipinski definition) is 4. The minimum atomic E-state index is 0.0343. The third-order valence-electron chi connectivity index (χ3n) is 6.06. The van der Waals surface area contributed by atoms with E-state index in [-0.39, 0.29) is 5.41 Å². The molecule has 0 bridgehead atoms. The van der Waals surface area contributed by atoms with Crippen LogP contribution in [0.5, 0.6) is 0 Å². The first-order valence-electron chi connectivity index (χ1n) is 9.89. The molecule has 0 spiro atoms. The lowest BCUT2D eigenvalue weighted by Crippen LogP contribution is -2.35. The molecule has 0 radical (unpaired) electrons. The standard InChI is InChI=1S/C22H25N5/c1-26-20(17-8-7-15-27(16-17)19-11-5-6-14-23-19)24-21(25-26)22(12-13-22)18-9-3-2-4-10-18/h2-6,9-11,14,17H,7-8,12-13,15-16H2,1H3/t17-/m0/s1. The Hall–Kier alpha value is -2.69. The first-order valence-corrected chi connectivity index (χ1v) is 9.89. The van der Waals surface area contributed by atoms with Crippen molar-refractivity contribution in [2.45, 2.75) is 37.0 Å². The number of piperidine rings is 1. The average Bonchev–Trinajstić information content (AvgIpc) is 3.46. The first kappa shape index (κ1) is 16.5. The molecule has 3 heterocycles. The second-order valence-electron chi connectivity index (χ2n) is 7.84. The third kappa shape index (κ3) is 2.91. The molecule has 1 atom stereocenters. The van der Waals surface area contributed by atoms with Gasteiger partial charge in [0.05, 0.1) is 5.41 Å². The highest BCUT2D eigenvalue weighted by atomic mass is 15.3. The van der Waals surface area contributed by atoms with E-state index in [4.69, 9.17) is 10.1 Å². The van der Waals surface area contributed by atoms with E-state index in [0.717, 1.165) is 56.2 Å². The van der Waals surface area contributed by atoms with E-state index in [1.54, 1.807) is 0 Å². The van der Waals surface area contributed by atoms with Crippen LogP contribution in [0.4, 0.5) is 5.82 Å². The number of aryl methyl sites for hydroxylation is 1. The van der Waals surface area contributed by atoms with Gasteiger partial charge in [-0.1, -0.05) is 36.4 Å². The van der Waals surface area contributed by atoms with Crippen LogP contribution < -0.4 is 4.90 Å². The summed E-state index contributed by atoms with van der Waals surface area (Å²) in [6.45, 7) is 2.02. The Bertz CT molecular complexity index is 914. The van der Waals surface area contributed by atoms with Gasteiger partial charge in [-0.15, -0.1) is 0 Å². The molecule has 0 N–H and O–H groups in total. The van der Waals surface area contributed by atoms with E-state index in [1.165, 1.54) is 5.56 Å². The van der Waals surface area contributed by atoms with Gasteiger partial charge in [0.2, 0.25) is 0 Å². The van der Waals surface area contributed by atoms with Crippen molar-refractivity contribution in [1.82, 2.24) is 19.7 Å². The summed E-state index contributed by atoms with van der Waals surface area (Å²) < 4.78 is 2.02. The highest BCUT2D eigenvalue weighted by molar-refractivity contribution is 5.40. The summed E-state index contributed by atoms with van der Waals surface area (Å²) in [6.07, 6.45) is 6.48. The fourth-order valence-electron chi connectivity index (χ4n) is 4.42. The van der Waals surface area contributed by atoms with Gasteiger partial charge in [-0.3, -0.25) is 4.68 Å². The first-order chi connectivity index (χ1) is 13.3. The van der Waals surface area contributed by atoms with Gasteiger partial charge in [-0.05, 0) is 43.4 Å². The summed E-state index contributed by atoms with van der Waals surface area (Å²) in [5.41, 5.74) is 1.38. The number of anilines is 1. The zero-order valence-corrected chi connectivity index (χ0v) is 15.8. The topological polar surface area (TPSA) is 46.8 Å². The Morgan fingerprint density at radius 3 is 2.59 bits per heavy atom. The molecule has 2 aromatic heterocycles. The zero-order chi connectivity index (χ0) is 18.3. The fourth-order valence-corrected chi connectivity index (χ4v) is 4.42. The van der Waals surface area contributed by atoms with E-state index < -0.39 is 0 Å². The molecule has 5 rings (SSSR count). The maximum Gasteiger partial charge on any atom is 0.161 e. The van der Waals surface area contributed by atoms with Crippen LogP contribution >= 0.6 is 0 Å². The van der Waals surface area contributed by atoms with Gasteiger partial charge in [0.15, 0.2) is 5.82 Å². The number of pyridine rings is 1. The van der Waals surface area contributed by atoms with Crippen LogP contribution in [0, 0.1) is 0 Å². The maximum absolute atomic E-state index is 5.08. The number of rotatable bonds is 4. The average molecular weight is 359 g/mol. The molecule has 1 aliphatic heterocycles. The summed E-state index contributed by atoms with van der Waals surface area (Å²) in [5, 5.41) is 4.87. The van der Waals surface area contributed by atoms with E-state index in [9.17, 15) is 0 Å². The summed E-state index contributed by atoms with van der Waals surface area (Å²) in [6, 6.07) is 16.9. The predicted octanol–water partition coefficient (Wildman–Crippen LogP) is 3.67. The molecule has 5 heteroatoms. The smallest absolute Gasteiger partial charge is 0.161 e. The molecule has 138 valence electrons. The minimum absolute atomic E-state index is 0.0343. The summed E-state index contributed by atoms with van der Waals surface area (Å²) >= 11 is 0. The normalized spacial score (nSPS) is 21.2. The van der Waals surface area contributed by atoms with Crippen LogP contribution in [0.2, 0.25) is 0 Å². The maximum atomic E-state index is 5.08. The van der Waals surface area contributed by atoms with Crippen molar-refractivity contribution in [2.75, 3.05) is 18.0 Å². The molecular formula is C22H25N5. The van der Waals surface area contributed by atoms with Crippen LogP contribution in [-0.2, 0) is 12.5 Å². The van der Waals surface area contributed by atoms with Crippen molar-refractivity contribution < 1.29 is 0 Å². The van der Waals surface area contributed by atoms with Crippen molar-refractivity contribution in [3.63, 3.8) is 0 Å². The molecule has 2 aliphatic rings. The van der Waals surface area contributed by atoms with Gasteiger partial charge in [0.25, 0.3) is 0 Å². The second-order valence-corrected chi connectivity index (χ2v) is 7.84. The molecule has 1 saturated carbocycles. The van der Waals surface area contributed by atoms with Crippen LogP contribution in [0.3, 0.4) is 0 Å². The lowest BCUT2D eigenvalue weighted by molar-refractivity contribution is 0.472. The van der Waals surface area contributed by atoms with Gasteiger partial charge >= 0.3 is 0 Å². The van der Waals surface area contributed by atoms with Gasteiger partial charge in [-0.25, -0.2) is 9.97 Å². The number of aromatic nitrogens is 4. The van der Waals surface area contributed by atoms with E-state index in [2.05, 4.69) is 52.3 Å². The largest absolute Gasteiger partial charge is 0.356 e. The molecule has 27 heavy (non-hydrogen) atoms. The van der Waals surface area contributed by atoms with Crippen molar-refractivity contribution >= 4 is 5.82 Å². The molecule has 3 aromatic rings. The Labute approximate surface area is 160 Å². The van der Waals surface area contributed by atoms with Crippen LogP contribution in [-0.4, -0.2) is 32.8 Å². The molecule has 1 aliphatic carbocycles. The molecule has 0 unspecified atom stereocenters. The molecular weight excluding hydrogens is 334 g/mol. The Kier molecular flexibility index (Phi) is 3.96. The molecule has 5 nitrogen and oxygen atoms in total. The van der Waals surface area contributed by atoms with Crippen LogP contribution in [0.25, 0.3) is 0 Å². The SMILES string of the molecule is Cn1nc(C2(c3ccccc3)CC2)nc1[C@H]1CCCN(c2ccccn2)C1. The highest BCUT2D eigenvalue weighted by Crippen LogP contribution is 2.52. The molecule has 0 amide bonds. The second kappa shape index (κ2) is 6.48. The van der Waals surface area contributed by atoms with Gasteiger partial charge < -0.3 is 4.90 Å². The Balaban J connectivity index is 1.42. The number of hydrogen-bond donors (Lipinski definition) is 0. The van der Waals surface area contributed by atoms with Crippen molar-refractivity contribution in [3.8, 4) is 0 Å². The van der Waals surface area contributed by atoms with Crippen molar-refractivity contribution in [2.24, 2.45) is 7.05 Å². The number of benzene rings is 1. The summed E-state index contributed by atoms with van der Waals surface area (Å²) in [5.74, 6) is 3.58. The van der Waals surface area contributed by atoms with E-state index >= 15 is 0 Å². The fraction of sp³-hybridized carbons (Fsp3) is 0.409. The molecule has 1 aromatic carbocycles. The third-order valence-corrected chi connectivity index (χ3v) is 6.06. The monoisotopic (exact) mass is 359 g/mol. The lowest BCUT2D eigenvalue weighted by atomic mass is 9.95. The lowest BCUT2D eigenvalue weighted by Gasteiger charge is -2.33. The Morgan fingerprint density at radius 2 is 1.85 bits per heavy atom. The van der Waals surface area contributed by atoms with Crippen LogP contribution in [0.1, 0.15) is 48.8 Å². The van der Waals surface area contributed by atoms with Gasteiger partial charge in [0, 0.05) is 32.3 Å². The molecule has 1 saturated heterocycles. The van der Waals surface area contributed by atoms with E-state index in [1.807, 2.05) is 24.0 Å². The minimum Gasteiger partial charge on any atom is -0.356 e. The zero-order valence-electron chi connectivity index (χ0n) is 15.8. The van der Waals surface area contributed by atoms with Gasteiger partial charge in [0.1, 0.15) is 11.6 Å². The number of nitrogens with zero attached hydrogens (tertiary/aromatic N) is 5. The quantitative estimate of drug-likeness (QED) is 0.713. The highest BCUT2D eigenvalue weighted by Gasteiger charge is 2.49. The van der Waals surface area contributed by atoms with E-state index in [0.29, 0.717) is 5.92 Å². The predicted molar refractivity (Wildman–Crippen MR) is 106 cm³/mol. The van der Waals surface area contributed by atoms with Crippen LogP contribution in [0.15, 0.2) is 54.7 Å². The summed E-state index contributed by atoms with van der Waals surface area (Å²) in [4.78, 5) is 12.0. The van der Waals surface area contributed by atoms with Crippen molar-refractivity contribution in [3.05, 3.63) is 71.9 Å². The molecule has 2 fully saturated rings. The summed E-state index contributed by atoms with van der Waals surface area (Å²) in [7, 11) is 2.05.